The van der Waals surface area contributed by atoms with Crippen LogP contribution in [0.3, 0.4) is 0 Å². The Labute approximate surface area is 99.5 Å². The van der Waals surface area contributed by atoms with Crippen molar-refractivity contribution in [2.24, 2.45) is 0 Å². The first-order valence-electron chi connectivity index (χ1n) is 5.32. The molecule has 2 rings (SSSR count). The van der Waals surface area contributed by atoms with Gasteiger partial charge >= 0.3 is 6.09 Å². The fourth-order valence-corrected chi connectivity index (χ4v) is 1.37. The van der Waals surface area contributed by atoms with Crippen LogP contribution in [0.25, 0.3) is 0 Å². The van der Waals surface area contributed by atoms with E-state index in [1.165, 1.54) is 6.26 Å². The number of hydrogen-bond donors (Lipinski definition) is 1. The summed E-state index contributed by atoms with van der Waals surface area (Å²) in [5.74, 6) is 0. The van der Waals surface area contributed by atoms with Crippen molar-refractivity contribution in [3.63, 3.8) is 0 Å². The zero-order valence-electron chi connectivity index (χ0n) is 9.26. The first kappa shape index (κ1) is 11.3. The van der Waals surface area contributed by atoms with Gasteiger partial charge in [-0.25, -0.2) is 4.79 Å². The van der Waals surface area contributed by atoms with Gasteiger partial charge in [0, 0.05) is 6.42 Å². The Balaban J connectivity index is 1.76. The van der Waals surface area contributed by atoms with Gasteiger partial charge in [-0.05, 0) is 11.6 Å². The normalized spacial score (nSPS) is 13.5. The van der Waals surface area contributed by atoms with Crippen LogP contribution in [0.15, 0.2) is 54.6 Å². The maximum Gasteiger partial charge on any atom is 0.411 e. The van der Waals surface area contributed by atoms with E-state index in [0.29, 0.717) is 12.1 Å². The average molecular weight is 231 g/mol. The van der Waals surface area contributed by atoms with Gasteiger partial charge in [0.25, 0.3) is 0 Å². The van der Waals surface area contributed by atoms with Crippen molar-refractivity contribution in [3.8, 4) is 0 Å². The van der Waals surface area contributed by atoms with Gasteiger partial charge in [-0.1, -0.05) is 30.3 Å². The van der Waals surface area contributed by atoms with E-state index in [9.17, 15) is 4.79 Å². The van der Waals surface area contributed by atoms with Crippen LogP contribution in [-0.4, -0.2) is 6.09 Å². The quantitative estimate of drug-likeness (QED) is 0.870. The maximum atomic E-state index is 11.4. The molecule has 0 aromatic heterocycles. The van der Waals surface area contributed by atoms with Crippen molar-refractivity contribution in [1.29, 1.82) is 0 Å². The minimum Gasteiger partial charge on any atom is -0.471 e. The zero-order valence-corrected chi connectivity index (χ0v) is 9.26. The molecule has 1 aliphatic heterocycles. The topological polar surface area (TPSA) is 47.6 Å². The Morgan fingerprint density at radius 3 is 2.88 bits per heavy atom. The first-order chi connectivity index (χ1) is 8.34. The number of ether oxygens (including phenoxy) is 2. The minimum absolute atomic E-state index is 0.261. The molecule has 88 valence electrons. The summed E-state index contributed by atoms with van der Waals surface area (Å²) in [7, 11) is 0. The smallest absolute Gasteiger partial charge is 0.411 e. The molecule has 0 unspecified atom stereocenters. The molecule has 0 radical (unpaired) electrons. The minimum atomic E-state index is -0.473. The van der Waals surface area contributed by atoms with E-state index < -0.39 is 6.09 Å². The molecule has 17 heavy (non-hydrogen) atoms. The van der Waals surface area contributed by atoms with Gasteiger partial charge in [0.15, 0.2) is 0 Å². The lowest BCUT2D eigenvalue weighted by molar-refractivity contribution is 0.142. The van der Waals surface area contributed by atoms with E-state index in [2.05, 4.69) is 5.32 Å². The second kappa shape index (κ2) is 5.75. The summed E-state index contributed by atoms with van der Waals surface area (Å²) in [6.07, 6.45) is 5.04. The summed E-state index contributed by atoms with van der Waals surface area (Å²) in [4.78, 5) is 11.4. The number of benzene rings is 1. The first-order valence-corrected chi connectivity index (χ1v) is 5.32. The van der Waals surface area contributed by atoms with Crippen LogP contribution >= 0.6 is 0 Å². The third-order valence-corrected chi connectivity index (χ3v) is 2.20. The van der Waals surface area contributed by atoms with Crippen molar-refractivity contribution in [1.82, 2.24) is 5.32 Å². The van der Waals surface area contributed by atoms with E-state index in [-0.39, 0.29) is 6.61 Å². The van der Waals surface area contributed by atoms with Gasteiger partial charge in [0.2, 0.25) is 0 Å². The number of amides is 1. The Morgan fingerprint density at radius 1 is 1.35 bits per heavy atom. The standard InChI is InChI=1S/C13H13NO3/c15-13(14-12-7-4-8-16-10-12)17-9-11-5-2-1-3-6-11/h1-6,8,10H,7,9H2,(H,14,15). The second-order valence-electron chi connectivity index (χ2n) is 3.54. The molecule has 1 N–H and O–H groups in total. The Morgan fingerprint density at radius 2 is 2.18 bits per heavy atom. The van der Waals surface area contributed by atoms with E-state index in [1.54, 1.807) is 6.26 Å². The van der Waals surface area contributed by atoms with Gasteiger partial charge in [-0.2, -0.15) is 0 Å². The predicted octanol–water partition coefficient (Wildman–Crippen LogP) is 2.69. The highest BCUT2D eigenvalue weighted by molar-refractivity contribution is 5.69. The monoisotopic (exact) mass is 231 g/mol. The molecule has 0 aliphatic carbocycles. The molecule has 1 aliphatic rings. The van der Waals surface area contributed by atoms with Crippen LogP contribution in [0, 0.1) is 0 Å². The number of carbonyl (C=O) groups excluding carboxylic acids is 1. The molecule has 4 nitrogen and oxygen atoms in total. The molecule has 1 aromatic carbocycles. The highest BCUT2D eigenvalue weighted by atomic mass is 16.5. The maximum absolute atomic E-state index is 11.4. The summed E-state index contributed by atoms with van der Waals surface area (Å²) in [6, 6.07) is 9.52. The molecule has 0 saturated heterocycles. The Kier molecular flexibility index (Phi) is 3.81. The van der Waals surface area contributed by atoms with Gasteiger partial charge in [0.1, 0.15) is 12.9 Å². The van der Waals surface area contributed by atoms with Crippen LogP contribution in [0.5, 0.6) is 0 Å². The molecule has 0 spiro atoms. The van der Waals surface area contributed by atoms with Crippen LogP contribution in [0.4, 0.5) is 4.79 Å². The summed E-state index contributed by atoms with van der Waals surface area (Å²) in [5.41, 5.74) is 1.64. The summed E-state index contributed by atoms with van der Waals surface area (Å²) >= 11 is 0. The van der Waals surface area contributed by atoms with Gasteiger partial charge in [0.05, 0.1) is 12.0 Å². The number of nitrogens with one attached hydrogen (secondary N) is 1. The summed E-state index contributed by atoms with van der Waals surface area (Å²) in [5, 5.41) is 2.61. The highest BCUT2D eigenvalue weighted by Crippen LogP contribution is 2.06. The van der Waals surface area contributed by atoms with Crippen molar-refractivity contribution in [2.75, 3.05) is 0 Å². The molecule has 4 heteroatoms. The molecular weight excluding hydrogens is 218 g/mol. The van der Waals surface area contributed by atoms with Gasteiger partial charge < -0.3 is 9.47 Å². The van der Waals surface area contributed by atoms with Gasteiger partial charge in [-0.3, -0.25) is 5.32 Å². The van der Waals surface area contributed by atoms with E-state index in [0.717, 1.165) is 5.56 Å². The number of carbonyl (C=O) groups is 1. The van der Waals surface area contributed by atoms with Crippen LogP contribution in [0.1, 0.15) is 12.0 Å². The summed E-state index contributed by atoms with van der Waals surface area (Å²) < 4.78 is 9.99. The van der Waals surface area contributed by atoms with Crippen LogP contribution in [0.2, 0.25) is 0 Å². The number of alkyl carbamates (subject to hydrolysis) is 1. The molecule has 0 atom stereocenters. The molecule has 1 heterocycles. The lowest BCUT2D eigenvalue weighted by atomic mass is 10.2. The largest absolute Gasteiger partial charge is 0.471 e. The van der Waals surface area contributed by atoms with Crippen molar-refractivity contribution >= 4 is 6.09 Å². The number of allylic oxidation sites excluding steroid dienone is 1. The molecule has 0 bridgehead atoms. The van der Waals surface area contributed by atoms with Crippen LogP contribution in [-0.2, 0) is 16.1 Å². The predicted molar refractivity (Wildman–Crippen MR) is 62.7 cm³/mol. The molecule has 1 amide bonds. The van der Waals surface area contributed by atoms with Crippen molar-refractivity contribution in [2.45, 2.75) is 13.0 Å². The molecule has 1 aromatic rings. The molecule has 0 fully saturated rings. The Bertz CT molecular complexity index is 437. The number of hydrogen-bond acceptors (Lipinski definition) is 3. The second-order valence-corrected chi connectivity index (χ2v) is 3.54. The lowest BCUT2D eigenvalue weighted by Crippen LogP contribution is -2.24. The number of rotatable bonds is 3. The van der Waals surface area contributed by atoms with E-state index in [4.69, 9.17) is 9.47 Å². The Hall–Kier alpha value is -2.23. The zero-order chi connectivity index (χ0) is 11.9. The van der Waals surface area contributed by atoms with Crippen LogP contribution < -0.4 is 5.32 Å². The van der Waals surface area contributed by atoms with Crippen molar-refractivity contribution in [3.05, 3.63) is 60.2 Å². The average Bonchev–Trinajstić information content (AvgIpc) is 2.39. The van der Waals surface area contributed by atoms with E-state index >= 15 is 0 Å². The third-order valence-electron chi connectivity index (χ3n) is 2.20. The fourth-order valence-electron chi connectivity index (χ4n) is 1.37. The third kappa shape index (κ3) is 3.68. The SMILES string of the molecule is O=C(NC1=COC=CC1)OCc1ccccc1. The molecular formula is C13H13NO3. The summed E-state index contributed by atoms with van der Waals surface area (Å²) in [6.45, 7) is 0.261. The van der Waals surface area contributed by atoms with Gasteiger partial charge in [-0.15, -0.1) is 0 Å². The van der Waals surface area contributed by atoms with E-state index in [1.807, 2.05) is 36.4 Å². The van der Waals surface area contributed by atoms with Crippen molar-refractivity contribution < 1.29 is 14.3 Å². The molecule has 0 saturated carbocycles. The lowest BCUT2D eigenvalue weighted by Gasteiger charge is -2.10. The fraction of sp³-hybridized carbons (Fsp3) is 0.154. The highest BCUT2D eigenvalue weighted by Gasteiger charge is 2.06.